The topological polar surface area (TPSA) is 17.1 Å². The fourth-order valence-electron chi connectivity index (χ4n) is 2.02. The van der Waals surface area contributed by atoms with E-state index in [0.29, 0.717) is 5.75 Å². The quantitative estimate of drug-likeness (QED) is 0.234. The Kier molecular flexibility index (Phi) is 5.20. The molecular formula is C17H12OS4. The average Bonchev–Trinajstić information content (AvgIpc) is 2.95. The van der Waals surface area contributed by atoms with Crippen molar-refractivity contribution < 1.29 is 4.79 Å². The molecule has 1 heterocycles. The first-order valence-electron chi connectivity index (χ1n) is 6.65. The van der Waals surface area contributed by atoms with Gasteiger partial charge in [0, 0.05) is 11.1 Å². The minimum Gasteiger partial charge on any atom is -0.293 e. The van der Waals surface area contributed by atoms with Crippen LogP contribution in [0.4, 0.5) is 0 Å². The zero-order valence-electron chi connectivity index (χ0n) is 11.5. The van der Waals surface area contributed by atoms with Crippen LogP contribution in [0.5, 0.6) is 0 Å². The first-order valence-corrected chi connectivity index (χ1v) is 10.2. The van der Waals surface area contributed by atoms with Gasteiger partial charge in [-0.15, -0.1) is 11.8 Å². The largest absolute Gasteiger partial charge is 0.293 e. The number of Topliss-reactive ketones (excluding diaryl/α,β-unsaturated/α-hetero) is 1. The Morgan fingerprint density at radius 3 is 2.27 bits per heavy atom. The Labute approximate surface area is 146 Å². The van der Waals surface area contributed by atoms with Crippen LogP contribution in [-0.2, 0) is 0 Å². The molecule has 0 aliphatic carbocycles. The number of hydrogen-bond acceptors (Lipinski definition) is 5. The normalized spacial score (nSPS) is 10.5. The summed E-state index contributed by atoms with van der Waals surface area (Å²) in [5.74, 6) is 0.584. The van der Waals surface area contributed by atoms with E-state index in [1.54, 1.807) is 32.4 Å². The molecule has 3 rings (SSSR count). The van der Waals surface area contributed by atoms with E-state index in [9.17, 15) is 4.79 Å². The van der Waals surface area contributed by atoms with Crippen LogP contribution in [0.15, 0.2) is 64.9 Å². The molecule has 0 bridgehead atoms. The van der Waals surface area contributed by atoms with Gasteiger partial charge in [0.2, 0.25) is 0 Å². The Morgan fingerprint density at radius 1 is 0.955 bits per heavy atom. The van der Waals surface area contributed by atoms with E-state index >= 15 is 0 Å². The molecule has 0 aliphatic heterocycles. The smallest absolute Gasteiger partial charge is 0.173 e. The maximum atomic E-state index is 12.2. The van der Waals surface area contributed by atoms with E-state index in [-0.39, 0.29) is 5.78 Å². The molecule has 0 saturated heterocycles. The van der Waals surface area contributed by atoms with Crippen molar-refractivity contribution in [1.82, 2.24) is 0 Å². The van der Waals surface area contributed by atoms with Gasteiger partial charge in [0.05, 0.1) is 9.96 Å². The Balaban J connectivity index is 1.80. The summed E-state index contributed by atoms with van der Waals surface area (Å²) in [7, 11) is 3.25. The SMILES string of the molecule is O=C(CSc1ssc(=S)c1-c1ccccc1)c1ccccc1. The van der Waals surface area contributed by atoms with Gasteiger partial charge in [-0.1, -0.05) is 93.6 Å². The number of ketones is 1. The zero-order valence-corrected chi connectivity index (χ0v) is 14.8. The highest BCUT2D eigenvalue weighted by Gasteiger charge is 2.13. The third-order valence-electron chi connectivity index (χ3n) is 3.09. The highest BCUT2D eigenvalue weighted by molar-refractivity contribution is 8.03. The number of hydrogen-bond donors (Lipinski definition) is 0. The summed E-state index contributed by atoms with van der Waals surface area (Å²) >= 11 is 7.04. The van der Waals surface area contributed by atoms with Crippen LogP contribution in [0.2, 0.25) is 0 Å². The lowest BCUT2D eigenvalue weighted by atomic mass is 10.1. The lowest BCUT2D eigenvalue weighted by molar-refractivity contribution is 0.102. The summed E-state index contributed by atoms with van der Waals surface area (Å²) in [4.78, 5) is 12.2. The van der Waals surface area contributed by atoms with Crippen LogP contribution >= 0.6 is 44.7 Å². The molecule has 0 N–H and O–H groups in total. The molecule has 2 aromatic carbocycles. The number of carbonyl (C=O) groups is 1. The summed E-state index contributed by atoms with van der Waals surface area (Å²) in [6.45, 7) is 0. The molecular weight excluding hydrogens is 348 g/mol. The van der Waals surface area contributed by atoms with E-state index in [1.807, 2.05) is 48.5 Å². The predicted molar refractivity (Wildman–Crippen MR) is 100.0 cm³/mol. The fraction of sp³-hybridized carbons (Fsp3) is 0.0588. The molecule has 1 aromatic heterocycles. The van der Waals surface area contributed by atoms with E-state index in [4.69, 9.17) is 12.2 Å². The third-order valence-corrected chi connectivity index (χ3v) is 7.70. The molecule has 22 heavy (non-hydrogen) atoms. The Morgan fingerprint density at radius 2 is 1.59 bits per heavy atom. The third kappa shape index (κ3) is 3.55. The summed E-state index contributed by atoms with van der Waals surface area (Å²) < 4.78 is 2.02. The van der Waals surface area contributed by atoms with Gasteiger partial charge >= 0.3 is 0 Å². The van der Waals surface area contributed by atoms with Crippen LogP contribution in [-0.4, -0.2) is 11.5 Å². The summed E-state index contributed by atoms with van der Waals surface area (Å²) in [5.41, 5.74) is 2.98. The molecule has 1 nitrogen and oxygen atoms in total. The highest BCUT2D eigenvalue weighted by Crippen LogP contribution is 2.40. The van der Waals surface area contributed by atoms with Gasteiger partial charge < -0.3 is 0 Å². The summed E-state index contributed by atoms with van der Waals surface area (Å²) in [6, 6.07) is 19.6. The van der Waals surface area contributed by atoms with E-state index in [2.05, 4.69) is 12.1 Å². The van der Waals surface area contributed by atoms with Crippen molar-refractivity contribution in [2.75, 3.05) is 5.75 Å². The molecule has 110 valence electrons. The highest BCUT2D eigenvalue weighted by atomic mass is 32.9. The van der Waals surface area contributed by atoms with Crippen LogP contribution < -0.4 is 0 Å². The minimum absolute atomic E-state index is 0.147. The molecule has 0 amide bonds. The van der Waals surface area contributed by atoms with Gasteiger partial charge in [0.15, 0.2) is 5.78 Å². The van der Waals surface area contributed by atoms with E-state index < -0.39 is 0 Å². The molecule has 0 spiro atoms. The fourth-order valence-corrected chi connectivity index (χ4v) is 6.42. The Bertz CT molecular complexity index is 819. The zero-order chi connectivity index (χ0) is 15.4. The standard InChI is InChI=1S/C17H12OS4/c18-14(12-7-3-1-4-8-12)11-20-17-15(16(19)21-22-17)13-9-5-2-6-10-13/h1-10H,11H2. The molecule has 5 heteroatoms. The van der Waals surface area contributed by atoms with Crippen molar-refractivity contribution in [2.24, 2.45) is 0 Å². The van der Waals surface area contributed by atoms with E-state index in [0.717, 1.165) is 24.7 Å². The van der Waals surface area contributed by atoms with Crippen LogP contribution in [0, 0.1) is 3.82 Å². The lowest BCUT2D eigenvalue weighted by Gasteiger charge is -2.03. The second kappa shape index (κ2) is 7.33. The maximum absolute atomic E-state index is 12.2. The van der Waals surface area contributed by atoms with Gasteiger partial charge in [0.1, 0.15) is 3.82 Å². The second-order valence-corrected chi connectivity index (χ2v) is 8.62. The number of carbonyl (C=O) groups excluding carboxylic acids is 1. The van der Waals surface area contributed by atoms with Crippen LogP contribution in [0.3, 0.4) is 0 Å². The average molecular weight is 361 g/mol. The van der Waals surface area contributed by atoms with Gasteiger partial charge in [-0.05, 0) is 5.56 Å². The summed E-state index contributed by atoms with van der Waals surface area (Å²) in [6.07, 6.45) is 0. The predicted octanol–water partition coefficient (Wildman–Crippen LogP) is 6.18. The van der Waals surface area contributed by atoms with Crippen molar-refractivity contribution in [3.05, 3.63) is 70.1 Å². The molecule has 0 atom stereocenters. The monoisotopic (exact) mass is 360 g/mol. The van der Waals surface area contributed by atoms with Gasteiger partial charge in [0.25, 0.3) is 0 Å². The molecule has 0 saturated carbocycles. The van der Waals surface area contributed by atoms with Crippen molar-refractivity contribution in [3.8, 4) is 11.1 Å². The first kappa shape index (κ1) is 15.6. The van der Waals surface area contributed by atoms with Crippen LogP contribution in [0.1, 0.15) is 10.4 Å². The lowest BCUT2D eigenvalue weighted by Crippen LogP contribution is -2.01. The molecule has 0 aliphatic rings. The van der Waals surface area contributed by atoms with Gasteiger partial charge in [-0.3, -0.25) is 4.79 Å². The maximum Gasteiger partial charge on any atom is 0.173 e. The van der Waals surface area contributed by atoms with Gasteiger partial charge in [-0.25, -0.2) is 0 Å². The second-order valence-electron chi connectivity index (χ2n) is 4.56. The molecule has 0 unspecified atom stereocenters. The van der Waals surface area contributed by atoms with Crippen molar-refractivity contribution >= 4 is 50.4 Å². The number of thioether (sulfide) groups is 1. The van der Waals surface area contributed by atoms with Gasteiger partial charge in [-0.2, -0.15) is 0 Å². The van der Waals surface area contributed by atoms with Crippen molar-refractivity contribution in [2.45, 2.75) is 4.21 Å². The minimum atomic E-state index is 0.147. The van der Waals surface area contributed by atoms with Crippen molar-refractivity contribution in [3.63, 3.8) is 0 Å². The summed E-state index contributed by atoms with van der Waals surface area (Å²) in [5, 5.41) is 0. The number of benzene rings is 2. The Hall–Kier alpha value is -1.27. The van der Waals surface area contributed by atoms with Crippen molar-refractivity contribution in [1.29, 1.82) is 0 Å². The van der Waals surface area contributed by atoms with Crippen LogP contribution in [0.25, 0.3) is 11.1 Å². The first-order chi connectivity index (χ1) is 10.8. The molecule has 0 radical (unpaired) electrons. The molecule has 3 aromatic rings. The molecule has 0 fully saturated rings. The van der Waals surface area contributed by atoms with E-state index in [1.165, 1.54) is 0 Å². The number of rotatable bonds is 5.